The van der Waals surface area contributed by atoms with Crippen molar-refractivity contribution in [1.82, 2.24) is 21.3 Å². The molecule has 126 valence electrons. The highest BCUT2D eigenvalue weighted by Crippen LogP contribution is 1.71. The van der Waals surface area contributed by atoms with Crippen molar-refractivity contribution in [2.45, 2.75) is 12.8 Å². The lowest BCUT2D eigenvalue weighted by molar-refractivity contribution is 0.656. The first-order valence-electron chi connectivity index (χ1n) is 6.08. The Hall–Kier alpha value is 0.560. The summed E-state index contributed by atoms with van der Waals surface area (Å²) < 4.78 is 0. The molecule has 0 rings (SSSR count). The molecule has 4 N–H and O–H groups in total. The molecule has 0 bridgehead atoms. The van der Waals surface area contributed by atoms with E-state index in [4.69, 9.17) is 0 Å². The van der Waals surface area contributed by atoms with Crippen molar-refractivity contribution >= 4 is 49.6 Å². The van der Waals surface area contributed by atoms with E-state index in [0.29, 0.717) is 0 Å². The molecule has 0 spiro atoms. The Labute approximate surface area is 149 Å². The monoisotopic (exact) mass is 370 g/mol. The van der Waals surface area contributed by atoms with E-state index in [-0.39, 0.29) is 49.6 Å². The van der Waals surface area contributed by atoms with E-state index in [1.807, 2.05) is 14.1 Å². The quantitative estimate of drug-likeness (QED) is 0.343. The summed E-state index contributed by atoms with van der Waals surface area (Å²) in [4.78, 5) is 0. The molecule has 0 fully saturated rings. The molecule has 0 unspecified atom stereocenters. The van der Waals surface area contributed by atoms with E-state index in [1.165, 1.54) is 0 Å². The van der Waals surface area contributed by atoms with Crippen molar-refractivity contribution in [2.75, 3.05) is 53.4 Å². The number of hydrogen-bond donors (Lipinski definition) is 4. The van der Waals surface area contributed by atoms with Gasteiger partial charge in [-0.3, -0.25) is 0 Å². The molecule has 0 saturated carbocycles. The number of halogens is 4. The van der Waals surface area contributed by atoms with Gasteiger partial charge in [0.15, 0.2) is 0 Å². The van der Waals surface area contributed by atoms with Crippen LogP contribution in [0.25, 0.3) is 0 Å². The van der Waals surface area contributed by atoms with E-state index in [9.17, 15) is 0 Å². The highest BCUT2D eigenvalue weighted by Gasteiger charge is 1.84. The minimum atomic E-state index is 0. The molecular formula is C12H30Cl4N4. The largest absolute Gasteiger partial charge is 0.320 e. The van der Waals surface area contributed by atoms with Crippen LogP contribution in [-0.2, 0) is 0 Å². The van der Waals surface area contributed by atoms with Gasteiger partial charge in [-0.15, -0.1) is 49.6 Å². The van der Waals surface area contributed by atoms with Crippen molar-refractivity contribution in [3.63, 3.8) is 0 Å². The highest BCUT2D eigenvalue weighted by molar-refractivity contribution is 5.86. The van der Waals surface area contributed by atoms with Crippen LogP contribution in [0.2, 0.25) is 0 Å². The van der Waals surface area contributed by atoms with E-state index >= 15 is 0 Å². The Bertz CT molecular complexity index is 180. The Balaban J connectivity index is -0.000000187. The summed E-state index contributed by atoms with van der Waals surface area (Å²) in [5.74, 6) is 6.19. The summed E-state index contributed by atoms with van der Waals surface area (Å²) in [7, 11) is 3.94. The molecule has 0 amide bonds. The first-order valence-corrected chi connectivity index (χ1v) is 6.08. The SMILES string of the molecule is CNCCCNCC#CCNCCCNC.Cl.Cl.Cl.Cl. The zero-order valence-corrected chi connectivity index (χ0v) is 15.6. The Kier molecular flexibility index (Phi) is 51.6. The normalized spacial score (nSPS) is 7.90. The lowest BCUT2D eigenvalue weighted by Crippen LogP contribution is -2.21. The minimum absolute atomic E-state index is 0. The van der Waals surface area contributed by atoms with Crippen molar-refractivity contribution in [1.29, 1.82) is 0 Å². The molecule has 0 atom stereocenters. The third-order valence-electron chi connectivity index (χ3n) is 2.11. The number of hydrogen-bond acceptors (Lipinski definition) is 4. The summed E-state index contributed by atoms with van der Waals surface area (Å²) in [6.07, 6.45) is 2.31. The van der Waals surface area contributed by atoms with Crippen LogP contribution >= 0.6 is 49.6 Å². The van der Waals surface area contributed by atoms with Gasteiger partial charge in [-0.2, -0.15) is 0 Å². The Morgan fingerprint density at radius 3 is 1.25 bits per heavy atom. The fourth-order valence-electron chi connectivity index (χ4n) is 1.21. The van der Waals surface area contributed by atoms with Gasteiger partial charge in [-0.25, -0.2) is 0 Å². The molecule has 0 aliphatic heterocycles. The lowest BCUT2D eigenvalue weighted by atomic mass is 10.4. The predicted molar refractivity (Wildman–Crippen MR) is 99.6 cm³/mol. The molecule has 0 saturated heterocycles. The van der Waals surface area contributed by atoms with Crippen molar-refractivity contribution in [3.05, 3.63) is 0 Å². The molecule has 0 heterocycles. The molecule has 4 nitrogen and oxygen atoms in total. The van der Waals surface area contributed by atoms with Crippen LogP contribution < -0.4 is 21.3 Å². The average molecular weight is 372 g/mol. The van der Waals surface area contributed by atoms with Gasteiger partial charge in [0.25, 0.3) is 0 Å². The maximum atomic E-state index is 3.28. The van der Waals surface area contributed by atoms with Crippen LogP contribution in [0.5, 0.6) is 0 Å². The summed E-state index contributed by atoms with van der Waals surface area (Å²) in [5, 5.41) is 12.8. The van der Waals surface area contributed by atoms with E-state index < -0.39 is 0 Å². The van der Waals surface area contributed by atoms with Gasteiger partial charge < -0.3 is 21.3 Å². The summed E-state index contributed by atoms with van der Waals surface area (Å²) in [5.41, 5.74) is 0. The van der Waals surface area contributed by atoms with Gasteiger partial charge in [0.2, 0.25) is 0 Å². The lowest BCUT2D eigenvalue weighted by Gasteiger charge is -2.00. The van der Waals surface area contributed by atoms with Crippen LogP contribution in [0.15, 0.2) is 0 Å². The minimum Gasteiger partial charge on any atom is -0.320 e. The standard InChI is InChI=1S/C12H26N4.4ClH/c1-13-7-5-11-15-9-3-4-10-16-12-6-8-14-2;;;;/h13-16H,5-12H2,1-2H3;4*1H. The van der Waals surface area contributed by atoms with Gasteiger partial charge in [-0.1, -0.05) is 11.8 Å². The summed E-state index contributed by atoms with van der Waals surface area (Å²) >= 11 is 0. The second kappa shape index (κ2) is 31.8. The predicted octanol–water partition coefficient (Wildman–Crippen LogP) is 1.08. The molecule has 8 heteroatoms. The van der Waals surface area contributed by atoms with Crippen molar-refractivity contribution in [3.8, 4) is 11.8 Å². The van der Waals surface area contributed by atoms with E-state index in [2.05, 4.69) is 33.1 Å². The Morgan fingerprint density at radius 1 is 0.600 bits per heavy atom. The van der Waals surface area contributed by atoms with Crippen LogP contribution in [0, 0.1) is 11.8 Å². The van der Waals surface area contributed by atoms with Crippen LogP contribution in [0.4, 0.5) is 0 Å². The molecule has 0 aromatic rings. The number of rotatable bonds is 10. The third-order valence-corrected chi connectivity index (χ3v) is 2.11. The zero-order chi connectivity index (χ0) is 11.9. The molecule has 20 heavy (non-hydrogen) atoms. The topological polar surface area (TPSA) is 48.1 Å². The zero-order valence-electron chi connectivity index (χ0n) is 12.3. The fourth-order valence-corrected chi connectivity index (χ4v) is 1.21. The highest BCUT2D eigenvalue weighted by atomic mass is 35.5. The van der Waals surface area contributed by atoms with E-state index in [0.717, 1.165) is 52.1 Å². The summed E-state index contributed by atoms with van der Waals surface area (Å²) in [6, 6.07) is 0. The van der Waals surface area contributed by atoms with Gasteiger partial charge in [-0.05, 0) is 53.1 Å². The van der Waals surface area contributed by atoms with Gasteiger partial charge in [0.1, 0.15) is 0 Å². The van der Waals surface area contributed by atoms with Gasteiger partial charge in [0.05, 0.1) is 13.1 Å². The Morgan fingerprint density at radius 2 is 0.950 bits per heavy atom. The second-order valence-corrected chi connectivity index (χ2v) is 3.62. The summed E-state index contributed by atoms with van der Waals surface area (Å²) in [6.45, 7) is 5.78. The molecule has 0 aliphatic carbocycles. The molecular weight excluding hydrogens is 342 g/mol. The first kappa shape index (κ1) is 32.5. The fraction of sp³-hybridized carbons (Fsp3) is 0.833. The average Bonchev–Trinajstić information content (AvgIpc) is 2.31. The van der Waals surface area contributed by atoms with Crippen LogP contribution in [0.1, 0.15) is 12.8 Å². The van der Waals surface area contributed by atoms with E-state index in [1.54, 1.807) is 0 Å². The second-order valence-electron chi connectivity index (χ2n) is 3.62. The maximum Gasteiger partial charge on any atom is 0.0577 e. The molecule has 0 aromatic heterocycles. The smallest absolute Gasteiger partial charge is 0.0577 e. The third kappa shape index (κ3) is 31.1. The first-order chi connectivity index (χ1) is 7.91. The van der Waals surface area contributed by atoms with Crippen molar-refractivity contribution in [2.24, 2.45) is 0 Å². The molecule has 0 radical (unpaired) electrons. The number of nitrogens with one attached hydrogen (secondary N) is 4. The maximum absolute atomic E-state index is 3.28. The van der Waals surface area contributed by atoms with Crippen LogP contribution in [0.3, 0.4) is 0 Å². The van der Waals surface area contributed by atoms with Crippen molar-refractivity contribution < 1.29 is 0 Å². The molecule has 0 aromatic carbocycles. The van der Waals surface area contributed by atoms with Gasteiger partial charge >= 0.3 is 0 Å². The molecule has 0 aliphatic rings. The van der Waals surface area contributed by atoms with Crippen LogP contribution in [-0.4, -0.2) is 53.4 Å². The van der Waals surface area contributed by atoms with Gasteiger partial charge in [0, 0.05) is 0 Å².